The zero-order chi connectivity index (χ0) is 13.0. The van der Waals surface area contributed by atoms with Crippen molar-refractivity contribution in [3.05, 3.63) is 36.4 Å². The van der Waals surface area contributed by atoms with Gasteiger partial charge < -0.3 is 4.74 Å². The number of carbonyl (C=O) groups excluding carboxylic acids is 1. The first-order valence-electron chi connectivity index (χ1n) is 5.83. The molecule has 94 valence electrons. The molecule has 0 spiro atoms. The predicted molar refractivity (Wildman–Crippen MR) is 73.7 cm³/mol. The Morgan fingerprint density at radius 2 is 2.06 bits per heavy atom. The van der Waals surface area contributed by atoms with Gasteiger partial charge in [-0.25, -0.2) is 4.98 Å². The lowest BCUT2D eigenvalue weighted by atomic mass is 10.2. The average molecular weight is 261 g/mol. The Hall–Kier alpha value is -1.55. The number of benzene rings is 1. The van der Waals surface area contributed by atoms with Gasteiger partial charge >= 0.3 is 5.97 Å². The van der Waals surface area contributed by atoms with Crippen molar-refractivity contribution in [2.75, 3.05) is 5.75 Å². The number of pyridine rings is 1. The molecule has 3 nitrogen and oxygen atoms in total. The smallest absolute Gasteiger partial charge is 0.316 e. The van der Waals surface area contributed by atoms with Crippen molar-refractivity contribution in [1.82, 2.24) is 4.98 Å². The van der Waals surface area contributed by atoms with Gasteiger partial charge in [0.15, 0.2) is 0 Å². The molecule has 0 N–H and O–H groups in total. The van der Waals surface area contributed by atoms with Crippen molar-refractivity contribution >= 4 is 28.6 Å². The van der Waals surface area contributed by atoms with Crippen LogP contribution in [0.15, 0.2) is 41.4 Å². The minimum atomic E-state index is -0.204. The number of fused-ring (bicyclic) bond motifs is 1. The normalized spacial score (nSPS) is 10.8. The molecular weight excluding hydrogens is 246 g/mol. The van der Waals surface area contributed by atoms with Gasteiger partial charge in [-0.2, -0.15) is 0 Å². The molecule has 0 unspecified atom stereocenters. The van der Waals surface area contributed by atoms with E-state index in [4.69, 9.17) is 4.74 Å². The average Bonchev–Trinajstić information content (AvgIpc) is 2.35. The first kappa shape index (κ1) is 12.9. The van der Waals surface area contributed by atoms with E-state index < -0.39 is 0 Å². The highest BCUT2D eigenvalue weighted by Crippen LogP contribution is 2.20. The summed E-state index contributed by atoms with van der Waals surface area (Å²) in [5.74, 6) is 0.0914. The second-order valence-corrected chi connectivity index (χ2v) is 5.17. The number of para-hydroxylation sites is 1. The Labute approximate surface area is 111 Å². The summed E-state index contributed by atoms with van der Waals surface area (Å²) in [7, 11) is 0. The van der Waals surface area contributed by atoms with Crippen LogP contribution in [-0.2, 0) is 9.53 Å². The summed E-state index contributed by atoms with van der Waals surface area (Å²) < 4.78 is 5.07. The number of aromatic nitrogens is 1. The molecule has 4 heteroatoms. The fourth-order valence-electron chi connectivity index (χ4n) is 1.56. The summed E-state index contributed by atoms with van der Waals surface area (Å²) in [6.45, 7) is 3.69. The zero-order valence-electron chi connectivity index (χ0n) is 10.4. The van der Waals surface area contributed by atoms with Gasteiger partial charge in [0.25, 0.3) is 0 Å². The number of thioether (sulfide) groups is 1. The van der Waals surface area contributed by atoms with E-state index in [0.717, 1.165) is 15.9 Å². The fourth-order valence-corrected chi connectivity index (χ4v) is 2.22. The lowest BCUT2D eigenvalue weighted by molar-refractivity contribution is -0.144. The third-order valence-corrected chi connectivity index (χ3v) is 3.18. The fraction of sp³-hybridized carbons (Fsp3) is 0.286. The van der Waals surface area contributed by atoms with E-state index in [0.29, 0.717) is 5.75 Å². The van der Waals surface area contributed by atoms with E-state index in [2.05, 4.69) is 4.98 Å². The minimum Gasteiger partial charge on any atom is -0.462 e. The second kappa shape index (κ2) is 5.87. The summed E-state index contributed by atoms with van der Waals surface area (Å²) in [6, 6.07) is 11.9. The van der Waals surface area contributed by atoms with Gasteiger partial charge in [-0.1, -0.05) is 36.0 Å². The van der Waals surface area contributed by atoms with E-state index in [1.54, 1.807) is 0 Å². The van der Waals surface area contributed by atoms with Crippen LogP contribution in [0.3, 0.4) is 0 Å². The van der Waals surface area contributed by atoms with Crippen LogP contribution in [0.2, 0.25) is 0 Å². The van der Waals surface area contributed by atoms with Crippen LogP contribution in [0.4, 0.5) is 0 Å². The number of hydrogen-bond acceptors (Lipinski definition) is 4. The molecule has 0 aliphatic rings. The molecule has 0 aliphatic heterocycles. The summed E-state index contributed by atoms with van der Waals surface area (Å²) in [5.41, 5.74) is 0.944. The molecule has 0 saturated carbocycles. The molecule has 0 saturated heterocycles. The van der Waals surface area contributed by atoms with E-state index in [1.165, 1.54) is 11.8 Å². The SMILES string of the molecule is CC(C)OC(=O)CSc1ccc2ccccc2n1. The molecule has 0 amide bonds. The van der Waals surface area contributed by atoms with E-state index >= 15 is 0 Å². The van der Waals surface area contributed by atoms with Gasteiger partial charge in [-0.3, -0.25) is 4.79 Å². The maximum Gasteiger partial charge on any atom is 0.316 e. The molecule has 0 aliphatic carbocycles. The van der Waals surface area contributed by atoms with Crippen LogP contribution in [0, 0.1) is 0 Å². The third kappa shape index (κ3) is 3.47. The van der Waals surface area contributed by atoms with Crippen molar-refractivity contribution in [2.24, 2.45) is 0 Å². The number of ether oxygens (including phenoxy) is 1. The first-order valence-corrected chi connectivity index (χ1v) is 6.82. The molecule has 18 heavy (non-hydrogen) atoms. The molecular formula is C14H15NO2S. The maximum atomic E-state index is 11.4. The molecule has 0 fully saturated rings. The van der Waals surface area contributed by atoms with Crippen molar-refractivity contribution in [2.45, 2.75) is 25.0 Å². The largest absolute Gasteiger partial charge is 0.462 e. The van der Waals surface area contributed by atoms with Gasteiger partial charge in [-0.05, 0) is 26.0 Å². The van der Waals surface area contributed by atoms with Crippen molar-refractivity contribution < 1.29 is 9.53 Å². The Morgan fingerprint density at radius 1 is 1.28 bits per heavy atom. The molecule has 0 bridgehead atoms. The molecule has 2 aromatic rings. The van der Waals surface area contributed by atoms with E-state index in [1.807, 2.05) is 50.2 Å². The lowest BCUT2D eigenvalue weighted by Crippen LogP contribution is -2.13. The number of nitrogens with zero attached hydrogens (tertiary/aromatic N) is 1. The monoisotopic (exact) mass is 261 g/mol. The molecule has 1 heterocycles. The Morgan fingerprint density at radius 3 is 2.83 bits per heavy atom. The maximum absolute atomic E-state index is 11.4. The summed E-state index contributed by atoms with van der Waals surface area (Å²) >= 11 is 1.40. The molecule has 0 radical (unpaired) electrons. The predicted octanol–water partition coefficient (Wildman–Crippen LogP) is 3.28. The third-order valence-electron chi connectivity index (χ3n) is 2.28. The highest BCUT2D eigenvalue weighted by Gasteiger charge is 2.07. The Kier molecular flexibility index (Phi) is 4.20. The van der Waals surface area contributed by atoms with E-state index in [-0.39, 0.29) is 12.1 Å². The minimum absolute atomic E-state index is 0.0670. The summed E-state index contributed by atoms with van der Waals surface area (Å²) in [6.07, 6.45) is -0.0670. The lowest BCUT2D eigenvalue weighted by Gasteiger charge is -2.07. The number of hydrogen-bond donors (Lipinski definition) is 0. The van der Waals surface area contributed by atoms with Gasteiger partial charge in [0.05, 0.1) is 22.4 Å². The number of esters is 1. The topological polar surface area (TPSA) is 39.2 Å². The highest BCUT2D eigenvalue weighted by molar-refractivity contribution is 7.99. The molecule has 0 atom stereocenters. The van der Waals surface area contributed by atoms with Crippen molar-refractivity contribution in [3.63, 3.8) is 0 Å². The molecule has 1 aromatic carbocycles. The standard InChI is InChI=1S/C14H15NO2S/c1-10(2)17-14(16)9-18-13-8-7-11-5-3-4-6-12(11)15-13/h3-8,10H,9H2,1-2H3. The van der Waals surface area contributed by atoms with Crippen LogP contribution in [0.5, 0.6) is 0 Å². The van der Waals surface area contributed by atoms with Gasteiger partial charge in [0.2, 0.25) is 0 Å². The summed E-state index contributed by atoms with van der Waals surface area (Å²) in [4.78, 5) is 15.9. The van der Waals surface area contributed by atoms with Gasteiger partial charge in [0.1, 0.15) is 0 Å². The first-order chi connectivity index (χ1) is 8.65. The number of carbonyl (C=O) groups is 1. The van der Waals surface area contributed by atoms with Crippen LogP contribution in [0.25, 0.3) is 10.9 Å². The molecule has 2 rings (SSSR count). The number of rotatable bonds is 4. The van der Waals surface area contributed by atoms with Gasteiger partial charge in [0, 0.05) is 5.39 Å². The van der Waals surface area contributed by atoms with Gasteiger partial charge in [-0.15, -0.1) is 0 Å². The van der Waals surface area contributed by atoms with Crippen LogP contribution in [-0.4, -0.2) is 22.8 Å². The van der Waals surface area contributed by atoms with Crippen LogP contribution in [0.1, 0.15) is 13.8 Å². The summed E-state index contributed by atoms with van der Waals surface area (Å²) in [5, 5.41) is 1.95. The van der Waals surface area contributed by atoms with Crippen LogP contribution < -0.4 is 0 Å². The Bertz CT molecular complexity index is 554. The molecule has 1 aromatic heterocycles. The van der Waals surface area contributed by atoms with Crippen molar-refractivity contribution in [3.8, 4) is 0 Å². The zero-order valence-corrected chi connectivity index (χ0v) is 11.2. The quantitative estimate of drug-likeness (QED) is 0.625. The van der Waals surface area contributed by atoms with Crippen LogP contribution >= 0.6 is 11.8 Å². The highest BCUT2D eigenvalue weighted by atomic mass is 32.2. The second-order valence-electron chi connectivity index (χ2n) is 4.17. The van der Waals surface area contributed by atoms with Crippen molar-refractivity contribution in [1.29, 1.82) is 0 Å². The Balaban J connectivity index is 2.01. The van der Waals surface area contributed by atoms with E-state index in [9.17, 15) is 4.79 Å².